The number of amides is 1. The number of carbonyl (C=O) groups is 1. The molecule has 1 aromatic carbocycles. The summed E-state index contributed by atoms with van der Waals surface area (Å²) in [6.45, 7) is 2.67. The molecule has 1 aromatic heterocycles. The highest BCUT2D eigenvalue weighted by Crippen LogP contribution is 2.21. The van der Waals surface area contributed by atoms with Gasteiger partial charge in [-0.3, -0.25) is 4.79 Å². The molecule has 1 amide bonds. The van der Waals surface area contributed by atoms with Crippen LogP contribution in [0.2, 0.25) is 5.02 Å². The lowest BCUT2D eigenvalue weighted by Gasteiger charge is -2.10. The molecule has 0 unspecified atom stereocenters. The zero-order valence-electron chi connectivity index (χ0n) is 11.5. The monoisotopic (exact) mass is 308 g/mol. The summed E-state index contributed by atoms with van der Waals surface area (Å²) in [4.78, 5) is 13.5. The van der Waals surface area contributed by atoms with Crippen LogP contribution in [-0.2, 0) is 13.0 Å². The average Bonchev–Trinajstić information content (AvgIpc) is 2.92. The predicted octanol–water partition coefficient (Wildman–Crippen LogP) is 3.94. The summed E-state index contributed by atoms with van der Waals surface area (Å²) < 4.78 is 0. The van der Waals surface area contributed by atoms with Gasteiger partial charge < -0.3 is 10.6 Å². The molecule has 2 N–H and O–H groups in total. The van der Waals surface area contributed by atoms with Crippen LogP contribution in [0.1, 0.15) is 27.7 Å². The van der Waals surface area contributed by atoms with E-state index in [-0.39, 0.29) is 5.91 Å². The van der Waals surface area contributed by atoms with Crippen LogP contribution < -0.4 is 10.6 Å². The SMILES string of the molecule is CCc1ccsc1CNC(=O)c1cc(Cl)ccc1NC. The molecule has 2 aromatic rings. The maximum Gasteiger partial charge on any atom is 0.253 e. The molecule has 106 valence electrons. The Labute approximate surface area is 128 Å². The Morgan fingerprint density at radius 3 is 2.85 bits per heavy atom. The van der Waals surface area contributed by atoms with Crippen LogP contribution in [-0.4, -0.2) is 13.0 Å². The minimum Gasteiger partial charge on any atom is -0.387 e. The maximum atomic E-state index is 12.3. The van der Waals surface area contributed by atoms with E-state index in [0.29, 0.717) is 17.1 Å². The molecule has 1 heterocycles. The second kappa shape index (κ2) is 6.77. The molecule has 2 rings (SSSR count). The first kappa shape index (κ1) is 14.9. The van der Waals surface area contributed by atoms with Crippen LogP contribution in [0.5, 0.6) is 0 Å². The van der Waals surface area contributed by atoms with Gasteiger partial charge in [0.15, 0.2) is 0 Å². The zero-order chi connectivity index (χ0) is 14.5. The van der Waals surface area contributed by atoms with E-state index in [4.69, 9.17) is 11.6 Å². The van der Waals surface area contributed by atoms with Gasteiger partial charge in [0.25, 0.3) is 5.91 Å². The summed E-state index contributed by atoms with van der Waals surface area (Å²) in [5.41, 5.74) is 2.62. The highest BCUT2D eigenvalue weighted by molar-refractivity contribution is 7.10. The van der Waals surface area contributed by atoms with Crippen molar-refractivity contribution in [2.24, 2.45) is 0 Å². The van der Waals surface area contributed by atoms with Crippen molar-refractivity contribution in [3.63, 3.8) is 0 Å². The van der Waals surface area contributed by atoms with Gasteiger partial charge in [0.05, 0.1) is 12.1 Å². The maximum absolute atomic E-state index is 12.3. The van der Waals surface area contributed by atoms with Crippen LogP contribution in [0.25, 0.3) is 0 Å². The van der Waals surface area contributed by atoms with Gasteiger partial charge in [-0.05, 0) is 41.6 Å². The van der Waals surface area contributed by atoms with Crippen LogP contribution in [0.15, 0.2) is 29.6 Å². The number of hydrogen-bond donors (Lipinski definition) is 2. The zero-order valence-corrected chi connectivity index (χ0v) is 13.1. The lowest BCUT2D eigenvalue weighted by atomic mass is 10.1. The minimum atomic E-state index is -0.118. The second-order valence-corrected chi connectivity index (χ2v) is 5.78. The molecule has 3 nitrogen and oxygen atoms in total. The van der Waals surface area contributed by atoms with E-state index in [1.54, 1.807) is 36.6 Å². The summed E-state index contributed by atoms with van der Waals surface area (Å²) in [5.74, 6) is -0.118. The van der Waals surface area contributed by atoms with E-state index in [9.17, 15) is 4.79 Å². The fraction of sp³-hybridized carbons (Fsp3) is 0.267. The number of benzene rings is 1. The molecule has 0 saturated carbocycles. The van der Waals surface area contributed by atoms with Crippen LogP contribution >= 0.6 is 22.9 Å². The highest BCUT2D eigenvalue weighted by Gasteiger charge is 2.12. The fourth-order valence-corrected chi connectivity index (χ4v) is 3.10. The van der Waals surface area contributed by atoms with Crippen molar-refractivity contribution >= 4 is 34.5 Å². The molecule has 0 atom stereocenters. The number of thiophene rings is 1. The van der Waals surface area contributed by atoms with Gasteiger partial charge >= 0.3 is 0 Å². The molecule has 20 heavy (non-hydrogen) atoms. The molecule has 0 saturated heterocycles. The van der Waals surface area contributed by atoms with Crippen molar-refractivity contribution in [2.45, 2.75) is 19.9 Å². The Hall–Kier alpha value is -1.52. The summed E-state index contributed by atoms with van der Waals surface area (Å²) in [5, 5.41) is 8.56. The Kier molecular flexibility index (Phi) is 5.04. The van der Waals surface area contributed by atoms with E-state index >= 15 is 0 Å². The molecule has 0 aliphatic carbocycles. The standard InChI is InChI=1S/C15H17ClN2OS/c1-3-10-6-7-20-14(10)9-18-15(19)12-8-11(16)4-5-13(12)17-2/h4-8,17H,3,9H2,1-2H3,(H,18,19). The fourth-order valence-electron chi connectivity index (χ4n) is 2.02. The summed E-state index contributed by atoms with van der Waals surface area (Å²) >= 11 is 7.63. The summed E-state index contributed by atoms with van der Waals surface area (Å²) in [6, 6.07) is 7.35. The quantitative estimate of drug-likeness (QED) is 0.878. The van der Waals surface area contributed by atoms with E-state index in [1.165, 1.54) is 10.4 Å². The van der Waals surface area contributed by atoms with Gasteiger partial charge in [0.2, 0.25) is 0 Å². The number of halogens is 1. The van der Waals surface area contributed by atoms with E-state index in [2.05, 4.69) is 29.0 Å². The molecule has 5 heteroatoms. The Balaban J connectivity index is 2.11. The molecule has 0 aliphatic heterocycles. The van der Waals surface area contributed by atoms with Crippen molar-refractivity contribution in [3.05, 3.63) is 50.7 Å². The number of nitrogens with one attached hydrogen (secondary N) is 2. The number of aryl methyl sites for hydroxylation is 1. The number of carbonyl (C=O) groups excluding carboxylic acids is 1. The van der Waals surface area contributed by atoms with Gasteiger partial charge in [0, 0.05) is 22.6 Å². The first-order chi connectivity index (χ1) is 9.65. The smallest absolute Gasteiger partial charge is 0.253 e. The van der Waals surface area contributed by atoms with Crippen molar-refractivity contribution in [1.82, 2.24) is 5.32 Å². The largest absolute Gasteiger partial charge is 0.387 e. The number of anilines is 1. The third kappa shape index (κ3) is 3.32. The highest BCUT2D eigenvalue weighted by atomic mass is 35.5. The van der Waals surface area contributed by atoms with Crippen molar-refractivity contribution in [2.75, 3.05) is 12.4 Å². The summed E-state index contributed by atoms with van der Waals surface area (Å²) in [7, 11) is 1.79. The average molecular weight is 309 g/mol. The Morgan fingerprint density at radius 1 is 1.35 bits per heavy atom. The van der Waals surface area contributed by atoms with E-state index in [0.717, 1.165) is 12.1 Å². The predicted molar refractivity (Wildman–Crippen MR) is 85.9 cm³/mol. The van der Waals surface area contributed by atoms with Gasteiger partial charge in [0.1, 0.15) is 0 Å². The van der Waals surface area contributed by atoms with Crippen molar-refractivity contribution in [1.29, 1.82) is 0 Å². The third-order valence-electron chi connectivity index (χ3n) is 3.12. The molecule has 0 spiro atoms. The Bertz CT molecular complexity index is 610. The number of rotatable bonds is 5. The van der Waals surface area contributed by atoms with Crippen LogP contribution in [0.4, 0.5) is 5.69 Å². The topological polar surface area (TPSA) is 41.1 Å². The first-order valence-electron chi connectivity index (χ1n) is 6.46. The molecule has 0 radical (unpaired) electrons. The molecular formula is C15H17ClN2OS. The van der Waals surface area contributed by atoms with Crippen molar-refractivity contribution < 1.29 is 4.79 Å². The first-order valence-corrected chi connectivity index (χ1v) is 7.72. The lowest BCUT2D eigenvalue weighted by Crippen LogP contribution is -2.23. The third-order valence-corrected chi connectivity index (χ3v) is 4.32. The van der Waals surface area contributed by atoms with Gasteiger partial charge in [-0.15, -0.1) is 11.3 Å². The Morgan fingerprint density at radius 2 is 2.15 bits per heavy atom. The van der Waals surface area contributed by atoms with Crippen LogP contribution in [0, 0.1) is 0 Å². The van der Waals surface area contributed by atoms with Crippen LogP contribution in [0.3, 0.4) is 0 Å². The van der Waals surface area contributed by atoms with E-state index in [1.807, 2.05) is 0 Å². The van der Waals surface area contributed by atoms with Gasteiger partial charge in [-0.2, -0.15) is 0 Å². The molecule has 0 aliphatic rings. The molecule has 0 bridgehead atoms. The second-order valence-electron chi connectivity index (χ2n) is 4.35. The van der Waals surface area contributed by atoms with E-state index < -0.39 is 0 Å². The molecular weight excluding hydrogens is 292 g/mol. The number of hydrogen-bond acceptors (Lipinski definition) is 3. The summed E-state index contributed by atoms with van der Waals surface area (Å²) in [6.07, 6.45) is 0.980. The lowest BCUT2D eigenvalue weighted by molar-refractivity contribution is 0.0952. The normalized spacial score (nSPS) is 10.3. The van der Waals surface area contributed by atoms with Crippen molar-refractivity contribution in [3.8, 4) is 0 Å². The van der Waals surface area contributed by atoms with Gasteiger partial charge in [-0.1, -0.05) is 18.5 Å². The van der Waals surface area contributed by atoms with Gasteiger partial charge in [-0.25, -0.2) is 0 Å². The minimum absolute atomic E-state index is 0.118. The molecule has 0 fully saturated rings.